The summed E-state index contributed by atoms with van der Waals surface area (Å²) in [7, 11) is 0. The van der Waals surface area contributed by atoms with E-state index in [0.717, 1.165) is 11.9 Å². The molecule has 0 spiro atoms. The Hall–Kier alpha value is -1.43. The molecule has 0 aliphatic heterocycles. The van der Waals surface area contributed by atoms with Gasteiger partial charge in [-0.05, 0) is 15.9 Å². The Balaban J connectivity index is 2.07. The Kier molecular flexibility index (Phi) is 2.96. The molecule has 4 nitrogen and oxygen atoms in total. The zero-order valence-electron chi connectivity index (χ0n) is 7.58. The van der Waals surface area contributed by atoms with Gasteiger partial charge in [0.2, 0.25) is 0 Å². The molecule has 0 unspecified atom stereocenters. The van der Waals surface area contributed by atoms with E-state index in [9.17, 15) is 4.39 Å². The van der Waals surface area contributed by atoms with Gasteiger partial charge < -0.3 is 9.84 Å². The summed E-state index contributed by atoms with van der Waals surface area (Å²) in [4.78, 5) is 3.81. The second-order valence-corrected chi connectivity index (χ2v) is 3.59. The minimum absolute atomic E-state index is 0.388. The molecule has 2 aromatic heterocycles. The van der Waals surface area contributed by atoms with Gasteiger partial charge in [-0.1, -0.05) is 5.16 Å². The van der Waals surface area contributed by atoms with Crippen molar-refractivity contribution in [2.45, 2.75) is 6.54 Å². The highest BCUT2D eigenvalue weighted by Gasteiger charge is 2.03. The molecule has 2 heterocycles. The molecule has 1 N–H and O–H groups in total. The van der Waals surface area contributed by atoms with Gasteiger partial charge in [-0.15, -0.1) is 0 Å². The van der Waals surface area contributed by atoms with Gasteiger partial charge in [0.05, 0.1) is 18.4 Å². The average molecular weight is 272 g/mol. The standard InChI is InChI=1S/C9H7BrFN3O/c10-9-8(3-6(11)4-13-9)12-5-7-1-2-15-14-7/h1-4,12H,5H2. The average Bonchev–Trinajstić information content (AvgIpc) is 2.72. The van der Waals surface area contributed by atoms with E-state index < -0.39 is 0 Å². The SMILES string of the molecule is Fc1cnc(Br)c(NCc2ccon2)c1. The molecule has 0 aliphatic rings. The Bertz CT molecular complexity index is 447. The number of pyridine rings is 1. The number of hydrogen-bond acceptors (Lipinski definition) is 4. The zero-order chi connectivity index (χ0) is 10.7. The third kappa shape index (κ3) is 2.53. The van der Waals surface area contributed by atoms with E-state index in [0.29, 0.717) is 16.8 Å². The Labute approximate surface area is 93.6 Å². The molecule has 0 aliphatic carbocycles. The monoisotopic (exact) mass is 271 g/mol. The van der Waals surface area contributed by atoms with Crippen LogP contribution in [0.3, 0.4) is 0 Å². The van der Waals surface area contributed by atoms with Crippen molar-refractivity contribution in [3.05, 3.63) is 40.7 Å². The molecule has 78 valence electrons. The molecule has 2 aromatic rings. The van der Waals surface area contributed by atoms with Gasteiger partial charge >= 0.3 is 0 Å². The molecular formula is C9H7BrFN3O. The van der Waals surface area contributed by atoms with Crippen LogP contribution in [0.2, 0.25) is 0 Å². The summed E-state index contributed by atoms with van der Waals surface area (Å²) < 4.78 is 18.1. The normalized spacial score (nSPS) is 10.3. The van der Waals surface area contributed by atoms with E-state index in [1.807, 2.05) is 0 Å². The van der Waals surface area contributed by atoms with Crippen LogP contribution in [0.1, 0.15) is 5.69 Å². The fraction of sp³-hybridized carbons (Fsp3) is 0.111. The van der Waals surface area contributed by atoms with Crippen molar-refractivity contribution in [1.82, 2.24) is 10.1 Å². The fourth-order valence-electron chi connectivity index (χ4n) is 1.06. The van der Waals surface area contributed by atoms with E-state index in [-0.39, 0.29) is 5.82 Å². The summed E-state index contributed by atoms with van der Waals surface area (Å²) in [5, 5.41) is 6.70. The molecular weight excluding hydrogens is 265 g/mol. The number of halogens is 2. The highest BCUT2D eigenvalue weighted by molar-refractivity contribution is 9.10. The van der Waals surface area contributed by atoms with Gasteiger partial charge in [-0.2, -0.15) is 0 Å². The number of aromatic nitrogens is 2. The van der Waals surface area contributed by atoms with Crippen LogP contribution >= 0.6 is 15.9 Å². The quantitative estimate of drug-likeness (QED) is 0.872. The van der Waals surface area contributed by atoms with Crippen molar-refractivity contribution in [3.8, 4) is 0 Å². The molecule has 0 saturated carbocycles. The number of nitrogens with zero attached hydrogens (tertiary/aromatic N) is 2. The van der Waals surface area contributed by atoms with Crippen LogP contribution in [-0.4, -0.2) is 10.1 Å². The first-order chi connectivity index (χ1) is 7.25. The largest absolute Gasteiger partial charge is 0.377 e. The number of anilines is 1. The molecule has 0 aromatic carbocycles. The van der Waals surface area contributed by atoms with E-state index in [1.54, 1.807) is 6.07 Å². The third-order valence-corrected chi connectivity index (χ3v) is 2.39. The Morgan fingerprint density at radius 2 is 2.40 bits per heavy atom. The van der Waals surface area contributed by atoms with Crippen LogP contribution in [-0.2, 0) is 6.54 Å². The van der Waals surface area contributed by atoms with Crippen LogP contribution in [0.15, 0.2) is 33.7 Å². The van der Waals surface area contributed by atoms with Gasteiger partial charge in [0, 0.05) is 12.1 Å². The van der Waals surface area contributed by atoms with Crippen molar-refractivity contribution in [3.63, 3.8) is 0 Å². The summed E-state index contributed by atoms with van der Waals surface area (Å²) >= 11 is 3.21. The molecule has 0 fully saturated rings. The maximum atomic E-state index is 12.9. The predicted molar refractivity (Wildman–Crippen MR) is 55.7 cm³/mol. The van der Waals surface area contributed by atoms with Crippen molar-refractivity contribution in [2.75, 3.05) is 5.32 Å². The van der Waals surface area contributed by atoms with Crippen molar-refractivity contribution in [1.29, 1.82) is 0 Å². The van der Waals surface area contributed by atoms with Crippen LogP contribution < -0.4 is 5.32 Å². The third-order valence-electron chi connectivity index (χ3n) is 1.76. The summed E-state index contributed by atoms with van der Waals surface area (Å²) in [6.45, 7) is 0.459. The Morgan fingerprint density at radius 1 is 1.53 bits per heavy atom. The molecule has 6 heteroatoms. The second kappa shape index (κ2) is 4.39. The second-order valence-electron chi connectivity index (χ2n) is 2.84. The van der Waals surface area contributed by atoms with Gasteiger partial charge in [0.1, 0.15) is 22.4 Å². The van der Waals surface area contributed by atoms with E-state index in [1.165, 1.54) is 12.3 Å². The first-order valence-electron chi connectivity index (χ1n) is 4.20. The first kappa shape index (κ1) is 10.1. The molecule has 2 rings (SSSR count). The maximum absolute atomic E-state index is 12.9. The highest BCUT2D eigenvalue weighted by Crippen LogP contribution is 2.20. The van der Waals surface area contributed by atoms with Gasteiger partial charge in [0.25, 0.3) is 0 Å². The topological polar surface area (TPSA) is 51.0 Å². The molecule has 0 atom stereocenters. The summed E-state index contributed by atoms with van der Waals surface area (Å²) in [6, 6.07) is 3.09. The summed E-state index contributed by atoms with van der Waals surface area (Å²) in [6.07, 6.45) is 2.63. The lowest BCUT2D eigenvalue weighted by Gasteiger charge is -2.05. The van der Waals surface area contributed by atoms with E-state index in [4.69, 9.17) is 0 Å². The lowest BCUT2D eigenvalue weighted by atomic mass is 10.3. The molecule has 15 heavy (non-hydrogen) atoms. The summed E-state index contributed by atoms with van der Waals surface area (Å²) in [5.74, 6) is -0.388. The number of hydrogen-bond donors (Lipinski definition) is 1. The van der Waals surface area contributed by atoms with E-state index in [2.05, 4.69) is 35.9 Å². The zero-order valence-corrected chi connectivity index (χ0v) is 9.16. The van der Waals surface area contributed by atoms with Crippen molar-refractivity contribution >= 4 is 21.6 Å². The van der Waals surface area contributed by atoms with Gasteiger partial charge in [-0.25, -0.2) is 9.37 Å². The minimum atomic E-state index is -0.388. The first-order valence-corrected chi connectivity index (χ1v) is 4.99. The van der Waals surface area contributed by atoms with Crippen LogP contribution in [0.5, 0.6) is 0 Å². The lowest BCUT2D eigenvalue weighted by molar-refractivity contribution is 0.412. The Morgan fingerprint density at radius 3 is 3.13 bits per heavy atom. The summed E-state index contributed by atoms with van der Waals surface area (Å²) in [5.41, 5.74) is 1.32. The maximum Gasteiger partial charge on any atom is 0.143 e. The number of nitrogens with one attached hydrogen (secondary N) is 1. The van der Waals surface area contributed by atoms with Crippen LogP contribution in [0.4, 0.5) is 10.1 Å². The molecule has 0 amide bonds. The number of rotatable bonds is 3. The highest BCUT2D eigenvalue weighted by atomic mass is 79.9. The molecule has 0 radical (unpaired) electrons. The molecule has 0 bridgehead atoms. The smallest absolute Gasteiger partial charge is 0.143 e. The predicted octanol–water partition coefficient (Wildman–Crippen LogP) is 2.58. The van der Waals surface area contributed by atoms with E-state index >= 15 is 0 Å². The molecule has 0 saturated heterocycles. The van der Waals surface area contributed by atoms with Crippen molar-refractivity contribution < 1.29 is 8.91 Å². The van der Waals surface area contributed by atoms with Crippen molar-refractivity contribution in [2.24, 2.45) is 0 Å². The van der Waals surface area contributed by atoms with Crippen LogP contribution in [0, 0.1) is 5.82 Å². The minimum Gasteiger partial charge on any atom is -0.377 e. The van der Waals surface area contributed by atoms with Gasteiger partial charge in [0.15, 0.2) is 0 Å². The fourth-order valence-corrected chi connectivity index (χ4v) is 1.42. The van der Waals surface area contributed by atoms with Crippen LogP contribution in [0.25, 0.3) is 0 Å². The lowest BCUT2D eigenvalue weighted by Crippen LogP contribution is -2.01. The van der Waals surface area contributed by atoms with Gasteiger partial charge in [-0.3, -0.25) is 0 Å².